The Morgan fingerprint density at radius 2 is 1.87 bits per heavy atom. The van der Waals surface area contributed by atoms with Crippen LogP contribution in [-0.2, 0) is 7.05 Å². The molecule has 6 aromatic rings. The van der Waals surface area contributed by atoms with Crippen molar-refractivity contribution in [1.29, 1.82) is 0 Å². The lowest BCUT2D eigenvalue weighted by Gasteiger charge is -1.99. The minimum absolute atomic E-state index is 0.221. The smallest absolute Gasteiger partial charge is 0.177 e. The summed E-state index contributed by atoms with van der Waals surface area (Å²) < 4.78 is 15.3. The first-order chi connectivity index (χ1) is 14.7. The molecule has 0 radical (unpaired) electrons. The molecule has 0 unspecified atom stereocenters. The maximum absolute atomic E-state index is 13.6. The number of hydrogen-bond donors (Lipinski definition) is 2. The number of aromatic nitrogens is 6. The van der Waals surface area contributed by atoms with E-state index in [1.165, 1.54) is 6.07 Å². The molecule has 5 aromatic heterocycles. The van der Waals surface area contributed by atoms with E-state index in [0.717, 1.165) is 66.2 Å². The summed E-state index contributed by atoms with van der Waals surface area (Å²) in [7, 11) is 1.90. The number of rotatable bonds is 3. The fraction of sp³-hybridized carbons (Fsp3) is 0.0455. The van der Waals surface area contributed by atoms with Gasteiger partial charge in [0.2, 0.25) is 0 Å². The highest BCUT2D eigenvalue weighted by atomic mass is 32.1. The Morgan fingerprint density at radius 3 is 2.67 bits per heavy atom. The fourth-order valence-electron chi connectivity index (χ4n) is 3.79. The Bertz CT molecular complexity index is 1540. The monoisotopic (exact) mass is 414 g/mol. The minimum Gasteiger partial charge on any atom is -0.353 e. The van der Waals surface area contributed by atoms with Crippen molar-refractivity contribution < 1.29 is 4.39 Å². The summed E-state index contributed by atoms with van der Waals surface area (Å²) >= 11 is 1.09. The zero-order chi connectivity index (χ0) is 20.2. The molecule has 0 aliphatic heterocycles. The van der Waals surface area contributed by atoms with Crippen LogP contribution in [0.15, 0.2) is 61.1 Å². The highest BCUT2D eigenvalue weighted by Gasteiger charge is 2.16. The Morgan fingerprint density at radius 1 is 0.967 bits per heavy atom. The van der Waals surface area contributed by atoms with Crippen LogP contribution in [-0.4, -0.2) is 29.9 Å². The maximum Gasteiger partial charge on any atom is 0.177 e. The number of aromatic amines is 2. The Balaban J connectivity index is 1.52. The maximum atomic E-state index is 13.6. The van der Waals surface area contributed by atoms with Crippen molar-refractivity contribution >= 4 is 33.1 Å². The van der Waals surface area contributed by atoms with E-state index in [1.807, 2.05) is 37.6 Å². The second kappa shape index (κ2) is 6.36. The number of hydrogen-bond acceptors (Lipinski definition) is 4. The average Bonchev–Trinajstić information content (AvgIpc) is 3.52. The molecule has 0 aliphatic carbocycles. The summed E-state index contributed by atoms with van der Waals surface area (Å²) in [5.74, 6) is 0. The van der Waals surface area contributed by atoms with Crippen molar-refractivity contribution in [2.45, 2.75) is 0 Å². The zero-order valence-corrected chi connectivity index (χ0v) is 16.7. The summed E-state index contributed by atoms with van der Waals surface area (Å²) in [6, 6.07) is 13.4. The van der Waals surface area contributed by atoms with Gasteiger partial charge in [0.15, 0.2) is 5.13 Å². The van der Waals surface area contributed by atoms with Gasteiger partial charge in [0, 0.05) is 41.3 Å². The number of nitrogens with one attached hydrogen (secondary N) is 2. The van der Waals surface area contributed by atoms with Gasteiger partial charge in [-0.2, -0.15) is 14.6 Å². The summed E-state index contributed by atoms with van der Waals surface area (Å²) in [5, 5.41) is 13.7. The van der Waals surface area contributed by atoms with Crippen molar-refractivity contribution in [2.75, 3.05) is 0 Å². The molecule has 0 fully saturated rings. The summed E-state index contributed by atoms with van der Waals surface area (Å²) in [6.07, 6.45) is 5.57. The second-order valence-electron chi connectivity index (χ2n) is 7.14. The van der Waals surface area contributed by atoms with Crippen LogP contribution < -0.4 is 0 Å². The van der Waals surface area contributed by atoms with Crippen LogP contribution in [0.4, 0.5) is 4.39 Å². The zero-order valence-electron chi connectivity index (χ0n) is 15.8. The van der Waals surface area contributed by atoms with Crippen LogP contribution in [0.5, 0.6) is 0 Å². The molecule has 0 saturated heterocycles. The molecule has 0 bridgehead atoms. The molecule has 5 heterocycles. The Kier molecular flexibility index (Phi) is 3.63. The lowest BCUT2D eigenvalue weighted by molar-refractivity contribution is 0.657. The van der Waals surface area contributed by atoms with Crippen LogP contribution in [0.25, 0.3) is 54.9 Å². The van der Waals surface area contributed by atoms with Gasteiger partial charge < -0.3 is 4.98 Å². The lowest BCUT2D eigenvalue weighted by atomic mass is 10.1. The third-order valence-electron chi connectivity index (χ3n) is 5.21. The number of fused-ring (bicyclic) bond motifs is 2. The van der Waals surface area contributed by atoms with E-state index in [-0.39, 0.29) is 5.13 Å². The van der Waals surface area contributed by atoms with Crippen molar-refractivity contribution in [3.05, 3.63) is 66.2 Å². The molecular weight excluding hydrogens is 399 g/mol. The van der Waals surface area contributed by atoms with E-state index >= 15 is 0 Å². The Labute approximate surface area is 174 Å². The molecule has 2 N–H and O–H groups in total. The lowest BCUT2D eigenvalue weighted by Crippen LogP contribution is -1.84. The van der Waals surface area contributed by atoms with E-state index in [1.54, 1.807) is 16.9 Å². The summed E-state index contributed by atoms with van der Waals surface area (Å²) in [4.78, 5) is 8.73. The van der Waals surface area contributed by atoms with E-state index in [4.69, 9.17) is 0 Å². The first-order valence-corrected chi connectivity index (χ1v) is 10.2. The normalized spacial score (nSPS) is 11.7. The topological polar surface area (TPSA) is 75.2 Å². The third-order valence-corrected chi connectivity index (χ3v) is 6.09. The fourth-order valence-corrected chi connectivity index (χ4v) is 4.53. The van der Waals surface area contributed by atoms with Gasteiger partial charge in [-0.1, -0.05) is 6.07 Å². The largest absolute Gasteiger partial charge is 0.353 e. The van der Waals surface area contributed by atoms with Crippen LogP contribution in [0.3, 0.4) is 0 Å². The van der Waals surface area contributed by atoms with Crippen LogP contribution in [0.2, 0.25) is 0 Å². The van der Waals surface area contributed by atoms with Crippen molar-refractivity contribution in [3.63, 3.8) is 0 Å². The number of nitrogens with zero attached hydrogens (tertiary/aromatic N) is 4. The van der Waals surface area contributed by atoms with Crippen molar-refractivity contribution in [1.82, 2.24) is 29.9 Å². The molecule has 0 amide bonds. The van der Waals surface area contributed by atoms with E-state index < -0.39 is 0 Å². The van der Waals surface area contributed by atoms with E-state index in [2.05, 4.69) is 37.4 Å². The number of H-pyrrole nitrogens is 2. The first kappa shape index (κ1) is 17.1. The molecule has 0 aliphatic rings. The van der Waals surface area contributed by atoms with Gasteiger partial charge in [0.1, 0.15) is 5.69 Å². The second-order valence-corrected chi connectivity index (χ2v) is 8.18. The molecular formula is C22H15FN6S. The molecule has 6 nitrogen and oxygen atoms in total. The standard InChI is InChI=1S/C22H15FN6S/c1-29-11-13(10-25-29)12-2-3-17-14(8-12)21(28-27-17)18-9-15-16(26-18)6-7-24-22(15)19-4-5-20(23)30-19/h2-11,26H,1H3,(H,27,28). The Hall–Kier alpha value is -3.78. The minimum atomic E-state index is -0.221. The average molecular weight is 414 g/mol. The molecule has 8 heteroatoms. The van der Waals surface area contributed by atoms with Crippen LogP contribution in [0, 0.1) is 5.13 Å². The predicted octanol–water partition coefficient (Wildman–Crippen LogP) is 5.37. The summed E-state index contributed by atoms with van der Waals surface area (Å²) in [6.45, 7) is 0. The third kappa shape index (κ3) is 2.65. The van der Waals surface area contributed by atoms with Gasteiger partial charge in [-0.15, -0.1) is 11.3 Å². The predicted molar refractivity (Wildman–Crippen MR) is 117 cm³/mol. The molecule has 0 atom stereocenters. The number of halogens is 1. The number of pyridine rings is 1. The van der Waals surface area contributed by atoms with Gasteiger partial charge in [-0.05, 0) is 42.0 Å². The first-order valence-electron chi connectivity index (χ1n) is 9.37. The van der Waals surface area contributed by atoms with Crippen molar-refractivity contribution in [2.24, 2.45) is 7.05 Å². The highest BCUT2D eigenvalue weighted by molar-refractivity contribution is 7.13. The molecule has 0 spiro atoms. The highest BCUT2D eigenvalue weighted by Crippen LogP contribution is 2.36. The van der Waals surface area contributed by atoms with Crippen LogP contribution in [0.1, 0.15) is 0 Å². The molecule has 1 aromatic carbocycles. The number of benzene rings is 1. The molecule has 0 saturated carbocycles. The SMILES string of the molecule is Cn1cc(-c2ccc3[nH]nc(-c4cc5c(-c6ccc(F)s6)nccc5[nH]4)c3c2)cn1. The molecule has 146 valence electrons. The quantitative estimate of drug-likeness (QED) is 0.409. The summed E-state index contributed by atoms with van der Waals surface area (Å²) in [5.41, 5.74) is 6.49. The number of thiophene rings is 1. The van der Waals surface area contributed by atoms with Crippen molar-refractivity contribution in [3.8, 4) is 33.1 Å². The number of aryl methyl sites for hydroxylation is 1. The van der Waals surface area contributed by atoms with Gasteiger partial charge in [-0.25, -0.2) is 0 Å². The van der Waals surface area contributed by atoms with Crippen LogP contribution >= 0.6 is 11.3 Å². The van der Waals surface area contributed by atoms with E-state index in [9.17, 15) is 4.39 Å². The molecule has 30 heavy (non-hydrogen) atoms. The van der Waals surface area contributed by atoms with Gasteiger partial charge in [-0.3, -0.25) is 14.8 Å². The van der Waals surface area contributed by atoms with Gasteiger partial charge >= 0.3 is 0 Å². The van der Waals surface area contributed by atoms with Gasteiger partial charge in [0.05, 0.1) is 28.0 Å². The van der Waals surface area contributed by atoms with E-state index in [0.29, 0.717) is 0 Å². The van der Waals surface area contributed by atoms with Gasteiger partial charge in [0.25, 0.3) is 0 Å². The molecule has 6 rings (SSSR count).